The topological polar surface area (TPSA) is 108 Å². The standard InChI is InChI=1S/C13H20N2O5S2/c1-19-9-7-10(11(16)20-2)21-12(9)22(17,18)15-13(8-14)5-3-4-6-13/h7,15H,3-6,8,14H2,1-2H3. The molecule has 1 saturated carbocycles. The second-order valence-corrected chi connectivity index (χ2v) is 8.18. The second-order valence-electron chi connectivity index (χ2n) is 5.26. The van der Waals surface area contributed by atoms with E-state index >= 15 is 0 Å². The zero-order valence-electron chi connectivity index (χ0n) is 12.5. The van der Waals surface area contributed by atoms with Crippen LogP contribution in [0.4, 0.5) is 0 Å². The molecule has 0 bridgehead atoms. The number of methoxy groups -OCH3 is 2. The normalized spacial score (nSPS) is 17.4. The molecular weight excluding hydrogens is 328 g/mol. The lowest BCUT2D eigenvalue weighted by Gasteiger charge is -2.28. The van der Waals surface area contributed by atoms with Crippen LogP contribution >= 0.6 is 11.3 Å². The summed E-state index contributed by atoms with van der Waals surface area (Å²) in [7, 11) is -1.23. The van der Waals surface area contributed by atoms with Crippen molar-refractivity contribution in [3.63, 3.8) is 0 Å². The number of thiophene rings is 1. The van der Waals surface area contributed by atoms with Gasteiger partial charge in [0.15, 0.2) is 9.96 Å². The van der Waals surface area contributed by atoms with Gasteiger partial charge >= 0.3 is 5.97 Å². The van der Waals surface area contributed by atoms with Crippen LogP contribution < -0.4 is 15.2 Å². The zero-order chi connectivity index (χ0) is 16.4. The summed E-state index contributed by atoms with van der Waals surface area (Å²) in [6, 6.07) is 1.37. The monoisotopic (exact) mass is 348 g/mol. The van der Waals surface area contributed by atoms with Crippen LogP contribution in [0.25, 0.3) is 0 Å². The van der Waals surface area contributed by atoms with Crippen molar-refractivity contribution in [1.29, 1.82) is 0 Å². The number of ether oxygens (including phenoxy) is 2. The van der Waals surface area contributed by atoms with E-state index in [0.29, 0.717) is 12.8 Å². The van der Waals surface area contributed by atoms with Gasteiger partial charge < -0.3 is 15.2 Å². The van der Waals surface area contributed by atoms with E-state index in [0.717, 1.165) is 24.2 Å². The SMILES string of the molecule is COC(=O)c1cc(OC)c(S(=O)(=O)NC2(CN)CCCC2)s1. The Morgan fingerprint density at radius 2 is 2.05 bits per heavy atom. The first-order valence-corrected chi connectivity index (χ1v) is 9.17. The Morgan fingerprint density at radius 1 is 1.41 bits per heavy atom. The number of hydrogen-bond acceptors (Lipinski definition) is 7. The minimum absolute atomic E-state index is 0.0323. The Kier molecular flexibility index (Phi) is 5.10. The number of esters is 1. The molecular formula is C13H20N2O5S2. The number of hydrogen-bond donors (Lipinski definition) is 2. The van der Waals surface area contributed by atoms with Crippen LogP contribution in [-0.2, 0) is 14.8 Å². The molecule has 0 unspecified atom stereocenters. The summed E-state index contributed by atoms with van der Waals surface area (Å²) in [6.45, 7) is 0.240. The maximum Gasteiger partial charge on any atom is 0.348 e. The summed E-state index contributed by atoms with van der Waals surface area (Å²) < 4.78 is 37.7. The highest BCUT2D eigenvalue weighted by molar-refractivity contribution is 7.91. The number of nitrogens with one attached hydrogen (secondary N) is 1. The lowest BCUT2D eigenvalue weighted by molar-refractivity contribution is 0.0606. The summed E-state index contributed by atoms with van der Waals surface area (Å²) >= 11 is 0.825. The summed E-state index contributed by atoms with van der Waals surface area (Å²) in [5.74, 6) is -0.470. The molecule has 7 nitrogen and oxygen atoms in total. The molecule has 3 N–H and O–H groups in total. The number of carbonyl (C=O) groups excluding carboxylic acids is 1. The van der Waals surface area contributed by atoms with E-state index in [1.54, 1.807) is 0 Å². The Bertz CT molecular complexity index is 647. The molecule has 0 saturated heterocycles. The van der Waals surface area contributed by atoms with Crippen LogP contribution in [0.15, 0.2) is 10.3 Å². The van der Waals surface area contributed by atoms with Gasteiger partial charge in [0.2, 0.25) is 0 Å². The van der Waals surface area contributed by atoms with Gasteiger partial charge in [0.25, 0.3) is 10.0 Å². The molecule has 0 radical (unpaired) electrons. The van der Waals surface area contributed by atoms with Crippen LogP contribution in [0, 0.1) is 0 Å². The average molecular weight is 348 g/mol. The first-order valence-electron chi connectivity index (χ1n) is 6.87. The predicted octanol–water partition coefficient (Wildman–Crippen LogP) is 1.09. The van der Waals surface area contributed by atoms with Crippen LogP contribution in [0.3, 0.4) is 0 Å². The van der Waals surface area contributed by atoms with E-state index in [9.17, 15) is 13.2 Å². The summed E-state index contributed by atoms with van der Waals surface area (Å²) in [6.07, 6.45) is 3.30. The maximum atomic E-state index is 12.7. The molecule has 1 aliphatic rings. The Balaban J connectivity index is 2.36. The minimum Gasteiger partial charge on any atom is -0.494 e. The summed E-state index contributed by atoms with van der Waals surface area (Å²) in [5, 5.41) is 0. The van der Waals surface area contributed by atoms with Gasteiger partial charge in [-0.3, -0.25) is 0 Å². The first kappa shape index (κ1) is 17.2. The largest absolute Gasteiger partial charge is 0.494 e. The number of sulfonamides is 1. The van der Waals surface area contributed by atoms with Gasteiger partial charge in [-0.1, -0.05) is 12.8 Å². The predicted molar refractivity (Wildman–Crippen MR) is 82.8 cm³/mol. The highest BCUT2D eigenvalue weighted by atomic mass is 32.2. The lowest BCUT2D eigenvalue weighted by Crippen LogP contribution is -2.51. The molecule has 1 aromatic heterocycles. The Hall–Kier alpha value is -1.16. The van der Waals surface area contributed by atoms with Crippen LogP contribution in [0.5, 0.6) is 5.75 Å². The lowest BCUT2D eigenvalue weighted by atomic mass is 10.0. The number of rotatable bonds is 6. The van der Waals surface area contributed by atoms with Crippen LogP contribution in [0.2, 0.25) is 0 Å². The van der Waals surface area contributed by atoms with E-state index in [1.165, 1.54) is 20.3 Å². The van der Waals surface area contributed by atoms with Crippen molar-refractivity contribution in [2.75, 3.05) is 20.8 Å². The molecule has 9 heteroatoms. The average Bonchev–Trinajstić information content (AvgIpc) is 3.13. The fraction of sp³-hybridized carbons (Fsp3) is 0.615. The highest BCUT2D eigenvalue weighted by Crippen LogP contribution is 2.36. The van der Waals surface area contributed by atoms with Crippen molar-refractivity contribution in [3.8, 4) is 5.75 Å². The van der Waals surface area contributed by atoms with Gasteiger partial charge in [0.05, 0.1) is 14.2 Å². The maximum absolute atomic E-state index is 12.7. The third kappa shape index (κ3) is 3.27. The molecule has 1 fully saturated rings. The van der Waals surface area contributed by atoms with Gasteiger partial charge in [-0.25, -0.2) is 17.9 Å². The molecule has 124 valence electrons. The van der Waals surface area contributed by atoms with Crippen molar-refractivity contribution in [2.24, 2.45) is 5.73 Å². The van der Waals surface area contributed by atoms with Crippen LogP contribution in [0.1, 0.15) is 35.4 Å². The molecule has 0 amide bonds. The molecule has 0 spiro atoms. The third-order valence-electron chi connectivity index (χ3n) is 3.82. The number of carbonyl (C=O) groups is 1. The van der Waals surface area contributed by atoms with E-state index < -0.39 is 21.5 Å². The van der Waals surface area contributed by atoms with E-state index in [4.69, 9.17) is 10.5 Å². The van der Waals surface area contributed by atoms with Gasteiger partial charge in [-0.2, -0.15) is 0 Å². The molecule has 2 rings (SSSR count). The molecule has 0 atom stereocenters. The zero-order valence-corrected chi connectivity index (χ0v) is 14.2. The second kappa shape index (κ2) is 6.53. The van der Waals surface area contributed by atoms with E-state index in [1.807, 2.05) is 0 Å². The Labute approximate surface area is 133 Å². The van der Waals surface area contributed by atoms with Crippen molar-refractivity contribution in [1.82, 2.24) is 4.72 Å². The van der Waals surface area contributed by atoms with Gasteiger partial charge in [0, 0.05) is 18.2 Å². The van der Waals surface area contributed by atoms with Gasteiger partial charge in [0.1, 0.15) is 4.88 Å². The molecule has 0 aromatic carbocycles. The Morgan fingerprint density at radius 3 is 2.55 bits per heavy atom. The van der Waals surface area contributed by atoms with Gasteiger partial charge in [-0.05, 0) is 12.8 Å². The molecule has 1 aromatic rings. The molecule has 1 heterocycles. The molecule has 22 heavy (non-hydrogen) atoms. The van der Waals surface area contributed by atoms with Crippen LogP contribution in [-0.4, -0.2) is 40.7 Å². The van der Waals surface area contributed by atoms with Crippen molar-refractivity contribution < 1.29 is 22.7 Å². The summed E-state index contributed by atoms with van der Waals surface area (Å²) in [5.41, 5.74) is 5.16. The molecule has 0 aliphatic heterocycles. The minimum atomic E-state index is -3.82. The quantitative estimate of drug-likeness (QED) is 0.745. The third-order valence-corrected chi connectivity index (χ3v) is 7.01. The van der Waals surface area contributed by atoms with Crippen molar-refractivity contribution in [3.05, 3.63) is 10.9 Å². The fourth-order valence-corrected chi connectivity index (χ4v) is 5.59. The number of nitrogens with two attached hydrogens (primary N) is 1. The van der Waals surface area contributed by atoms with Crippen molar-refractivity contribution >= 4 is 27.3 Å². The smallest absolute Gasteiger partial charge is 0.348 e. The molecule has 1 aliphatic carbocycles. The van der Waals surface area contributed by atoms with E-state index in [2.05, 4.69) is 9.46 Å². The van der Waals surface area contributed by atoms with E-state index in [-0.39, 0.29) is 21.4 Å². The first-order chi connectivity index (χ1) is 10.4. The van der Waals surface area contributed by atoms with Gasteiger partial charge in [-0.15, -0.1) is 11.3 Å². The van der Waals surface area contributed by atoms with Crippen molar-refractivity contribution in [2.45, 2.75) is 35.4 Å². The fourth-order valence-electron chi connectivity index (χ4n) is 2.62. The highest BCUT2D eigenvalue weighted by Gasteiger charge is 2.38. The summed E-state index contributed by atoms with van der Waals surface area (Å²) in [4.78, 5) is 11.8.